The molecule has 2 aliphatic rings. The Morgan fingerprint density at radius 3 is 2.41 bits per heavy atom. The molecule has 0 saturated carbocycles. The van der Waals surface area contributed by atoms with Gasteiger partial charge >= 0.3 is 12.1 Å². The summed E-state index contributed by atoms with van der Waals surface area (Å²) in [7, 11) is 0. The van der Waals surface area contributed by atoms with E-state index < -0.39 is 12.1 Å². The molecule has 0 aliphatic carbocycles. The van der Waals surface area contributed by atoms with E-state index in [4.69, 9.17) is 0 Å². The summed E-state index contributed by atoms with van der Waals surface area (Å²) >= 11 is 0. The van der Waals surface area contributed by atoms with Gasteiger partial charge in [-0.3, -0.25) is 4.79 Å². The molecule has 0 atom stereocenters. The Hall–Kier alpha value is -2.42. The molecule has 0 bridgehead atoms. The van der Waals surface area contributed by atoms with Crippen LogP contribution in [0.15, 0.2) is 28.8 Å². The largest absolute Gasteiger partial charge is 0.471 e. The molecule has 1 N–H and O–H groups in total. The maximum absolute atomic E-state index is 12.7. The van der Waals surface area contributed by atoms with Crippen molar-refractivity contribution in [3.63, 3.8) is 0 Å². The van der Waals surface area contributed by atoms with E-state index in [1.165, 1.54) is 12.1 Å². The average molecular weight is 380 g/mol. The molecule has 1 spiro atoms. The summed E-state index contributed by atoms with van der Waals surface area (Å²) in [6.45, 7) is 3.51. The first-order valence-electron chi connectivity index (χ1n) is 8.88. The number of halogens is 3. The molecule has 4 rings (SSSR count). The monoisotopic (exact) mass is 380 g/mol. The smallest absolute Gasteiger partial charge is 0.339 e. The highest BCUT2D eigenvalue weighted by Crippen LogP contribution is 2.37. The summed E-state index contributed by atoms with van der Waals surface area (Å²) < 4.78 is 41.9. The van der Waals surface area contributed by atoms with E-state index >= 15 is 0 Å². The third kappa shape index (κ3) is 3.55. The number of amides is 1. The van der Waals surface area contributed by atoms with Crippen molar-refractivity contribution in [3.05, 3.63) is 35.7 Å². The molecule has 6 nitrogen and oxygen atoms in total. The standard InChI is InChI=1S/C18H19F3N4O2/c19-18(20,21)16-23-14(24-27-16)12-1-3-13(4-2-12)15(26)25-9-6-17(7-10-25)5-8-22-11-17/h1-4,22H,5-11H2. The summed E-state index contributed by atoms with van der Waals surface area (Å²) in [6.07, 6.45) is -1.53. The summed E-state index contributed by atoms with van der Waals surface area (Å²) in [5.74, 6) is -1.61. The SMILES string of the molecule is O=C(c1ccc(-c2noc(C(F)(F)F)n2)cc1)N1CCC2(CCNC2)CC1. The molecular formula is C18H19F3N4O2. The zero-order valence-corrected chi connectivity index (χ0v) is 14.6. The van der Waals surface area contributed by atoms with Gasteiger partial charge in [-0.25, -0.2) is 0 Å². The van der Waals surface area contributed by atoms with Gasteiger partial charge in [-0.15, -0.1) is 0 Å². The Morgan fingerprint density at radius 2 is 1.85 bits per heavy atom. The molecule has 2 fully saturated rings. The van der Waals surface area contributed by atoms with E-state index in [2.05, 4.69) is 20.0 Å². The van der Waals surface area contributed by atoms with Gasteiger partial charge in [-0.1, -0.05) is 17.3 Å². The number of rotatable bonds is 2. The first-order chi connectivity index (χ1) is 12.9. The fourth-order valence-electron chi connectivity index (χ4n) is 3.81. The van der Waals surface area contributed by atoms with Crippen molar-refractivity contribution in [1.29, 1.82) is 0 Å². The number of carbonyl (C=O) groups excluding carboxylic acids is 1. The number of nitrogens with zero attached hydrogens (tertiary/aromatic N) is 3. The van der Waals surface area contributed by atoms with E-state index in [9.17, 15) is 18.0 Å². The minimum Gasteiger partial charge on any atom is -0.339 e. The Labute approximate surface area is 153 Å². The van der Waals surface area contributed by atoms with Gasteiger partial charge in [0.2, 0.25) is 5.82 Å². The number of alkyl halides is 3. The molecule has 0 unspecified atom stereocenters. The predicted octanol–water partition coefficient (Wildman–Crippen LogP) is 2.97. The van der Waals surface area contributed by atoms with Gasteiger partial charge in [0, 0.05) is 30.8 Å². The van der Waals surface area contributed by atoms with Crippen LogP contribution in [0.2, 0.25) is 0 Å². The maximum Gasteiger partial charge on any atom is 0.471 e. The van der Waals surface area contributed by atoms with Gasteiger partial charge in [0.25, 0.3) is 5.91 Å². The number of hydrogen-bond acceptors (Lipinski definition) is 5. The molecule has 2 aromatic rings. The van der Waals surface area contributed by atoms with Crippen molar-refractivity contribution >= 4 is 5.91 Å². The van der Waals surface area contributed by atoms with Crippen LogP contribution in [0, 0.1) is 5.41 Å². The summed E-state index contributed by atoms with van der Waals surface area (Å²) in [5, 5.41) is 6.75. The zero-order valence-electron chi connectivity index (χ0n) is 14.6. The third-order valence-electron chi connectivity index (χ3n) is 5.50. The van der Waals surface area contributed by atoms with Crippen LogP contribution >= 0.6 is 0 Å². The van der Waals surface area contributed by atoms with Crippen molar-refractivity contribution in [2.75, 3.05) is 26.2 Å². The Bertz CT molecular complexity index is 816. The van der Waals surface area contributed by atoms with Crippen molar-refractivity contribution in [1.82, 2.24) is 20.4 Å². The van der Waals surface area contributed by atoms with E-state index in [-0.39, 0.29) is 11.7 Å². The second-order valence-corrected chi connectivity index (χ2v) is 7.22. The zero-order chi connectivity index (χ0) is 19.1. The molecule has 144 valence electrons. The number of nitrogens with one attached hydrogen (secondary N) is 1. The van der Waals surface area contributed by atoms with E-state index in [0.29, 0.717) is 16.5 Å². The third-order valence-corrected chi connectivity index (χ3v) is 5.50. The van der Waals surface area contributed by atoms with Gasteiger partial charge < -0.3 is 14.7 Å². The van der Waals surface area contributed by atoms with Crippen LogP contribution in [0.25, 0.3) is 11.4 Å². The minimum absolute atomic E-state index is 0.0635. The van der Waals surface area contributed by atoms with Crippen LogP contribution in [0.4, 0.5) is 13.2 Å². The summed E-state index contributed by atoms with van der Waals surface area (Å²) in [6, 6.07) is 6.24. The van der Waals surface area contributed by atoms with Crippen molar-refractivity contribution < 1.29 is 22.5 Å². The number of aromatic nitrogens is 2. The molecule has 1 amide bonds. The summed E-state index contributed by atoms with van der Waals surface area (Å²) in [4.78, 5) is 17.9. The number of benzene rings is 1. The van der Waals surface area contributed by atoms with Crippen LogP contribution < -0.4 is 5.32 Å². The van der Waals surface area contributed by atoms with E-state index in [0.717, 1.165) is 45.4 Å². The number of carbonyl (C=O) groups is 1. The number of hydrogen-bond donors (Lipinski definition) is 1. The highest BCUT2D eigenvalue weighted by atomic mass is 19.4. The van der Waals surface area contributed by atoms with Gasteiger partial charge in [-0.2, -0.15) is 18.2 Å². The molecule has 27 heavy (non-hydrogen) atoms. The Balaban J connectivity index is 1.43. The van der Waals surface area contributed by atoms with Crippen molar-refractivity contribution in [3.8, 4) is 11.4 Å². The molecule has 1 aromatic heterocycles. The number of piperidine rings is 1. The highest BCUT2D eigenvalue weighted by Gasteiger charge is 2.39. The highest BCUT2D eigenvalue weighted by molar-refractivity contribution is 5.94. The molecule has 0 radical (unpaired) electrons. The number of likely N-dealkylation sites (tertiary alicyclic amines) is 1. The van der Waals surface area contributed by atoms with Crippen LogP contribution in [0.3, 0.4) is 0 Å². The lowest BCUT2D eigenvalue weighted by Crippen LogP contribution is -2.44. The Kier molecular flexibility index (Phi) is 4.41. The van der Waals surface area contributed by atoms with E-state index in [1.54, 1.807) is 12.1 Å². The Morgan fingerprint density at radius 1 is 1.15 bits per heavy atom. The van der Waals surface area contributed by atoms with Crippen molar-refractivity contribution in [2.24, 2.45) is 5.41 Å². The molecular weight excluding hydrogens is 361 g/mol. The lowest BCUT2D eigenvalue weighted by Gasteiger charge is -2.38. The first kappa shape index (κ1) is 18.0. The normalized spacial score (nSPS) is 19.6. The molecule has 1 aromatic carbocycles. The second-order valence-electron chi connectivity index (χ2n) is 7.22. The molecule has 9 heteroatoms. The van der Waals surface area contributed by atoms with Gasteiger partial charge in [-0.05, 0) is 43.4 Å². The minimum atomic E-state index is -4.68. The van der Waals surface area contributed by atoms with Crippen LogP contribution in [-0.2, 0) is 6.18 Å². The van der Waals surface area contributed by atoms with Gasteiger partial charge in [0.05, 0.1) is 0 Å². The average Bonchev–Trinajstić information content (AvgIpc) is 3.32. The fourth-order valence-corrected chi connectivity index (χ4v) is 3.81. The van der Waals surface area contributed by atoms with Gasteiger partial charge in [0.15, 0.2) is 0 Å². The lowest BCUT2D eigenvalue weighted by atomic mass is 9.78. The lowest BCUT2D eigenvalue weighted by molar-refractivity contribution is -0.159. The molecule has 2 saturated heterocycles. The van der Waals surface area contributed by atoms with Crippen LogP contribution in [-0.4, -0.2) is 47.1 Å². The van der Waals surface area contributed by atoms with E-state index in [1.807, 2.05) is 4.90 Å². The fraction of sp³-hybridized carbons (Fsp3) is 0.500. The second kappa shape index (κ2) is 6.63. The van der Waals surface area contributed by atoms with Gasteiger partial charge in [0.1, 0.15) is 0 Å². The maximum atomic E-state index is 12.7. The topological polar surface area (TPSA) is 71.3 Å². The first-order valence-corrected chi connectivity index (χ1v) is 8.88. The van der Waals surface area contributed by atoms with Crippen LogP contribution in [0.5, 0.6) is 0 Å². The predicted molar refractivity (Wildman–Crippen MR) is 89.8 cm³/mol. The quantitative estimate of drug-likeness (QED) is 0.867. The van der Waals surface area contributed by atoms with Crippen LogP contribution in [0.1, 0.15) is 35.5 Å². The molecule has 2 aliphatic heterocycles. The summed E-state index contributed by atoms with van der Waals surface area (Å²) in [5.41, 5.74) is 1.19. The molecule has 3 heterocycles. The van der Waals surface area contributed by atoms with Crippen molar-refractivity contribution in [2.45, 2.75) is 25.4 Å².